The van der Waals surface area contributed by atoms with Crippen LogP contribution in [0, 0.1) is 5.92 Å². The van der Waals surface area contributed by atoms with Crippen LogP contribution >= 0.6 is 0 Å². The lowest BCUT2D eigenvalue weighted by molar-refractivity contribution is 0.400. The molecular formula is C15H22N4. The summed E-state index contributed by atoms with van der Waals surface area (Å²) in [5, 5.41) is 4.61. The molecule has 0 spiro atoms. The molecule has 4 heteroatoms. The van der Waals surface area contributed by atoms with Gasteiger partial charge in [0, 0.05) is 6.20 Å². The molecule has 0 aliphatic heterocycles. The van der Waals surface area contributed by atoms with Crippen LogP contribution in [0.2, 0.25) is 0 Å². The third-order valence-electron chi connectivity index (χ3n) is 3.52. The Bertz CT molecular complexity index is 492. The highest BCUT2D eigenvalue weighted by Gasteiger charge is 2.15. The molecular weight excluding hydrogens is 236 g/mol. The Kier molecular flexibility index (Phi) is 4.71. The molecule has 3 N–H and O–H groups in total. The van der Waals surface area contributed by atoms with Crippen molar-refractivity contribution in [3.05, 3.63) is 48.3 Å². The van der Waals surface area contributed by atoms with Crippen LogP contribution in [0.1, 0.15) is 38.4 Å². The maximum Gasteiger partial charge on any atom is 0.0812 e. The van der Waals surface area contributed by atoms with Crippen molar-refractivity contribution in [1.29, 1.82) is 0 Å². The van der Waals surface area contributed by atoms with Crippen LogP contribution in [0.3, 0.4) is 0 Å². The molecule has 2 rings (SSSR count). The summed E-state index contributed by atoms with van der Waals surface area (Å²) in [4.78, 5) is 0. The predicted molar refractivity (Wildman–Crippen MR) is 77.7 cm³/mol. The third-order valence-corrected chi connectivity index (χ3v) is 3.52. The molecule has 1 aromatic carbocycles. The molecule has 2 aromatic rings. The van der Waals surface area contributed by atoms with Gasteiger partial charge in [0.25, 0.3) is 0 Å². The fourth-order valence-corrected chi connectivity index (χ4v) is 2.09. The lowest BCUT2D eigenvalue weighted by Gasteiger charge is -2.17. The van der Waals surface area contributed by atoms with Gasteiger partial charge in [-0.2, -0.15) is 5.10 Å². The largest absolute Gasteiger partial charge is 0.271 e. The Hall–Kier alpha value is -1.65. The van der Waals surface area contributed by atoms with Gasteiger partial charge in [-0.05, 0) is 30.5 Å². The number of para-hydroxylation sites is 1. The molecule has 0 aliphatic rings. The summed E-state index contributed by atoms with van der Waals surface area (Å²) < 4.78 is 1.89. The molecule has 0 radical (unpaired) electrons. The molecule has 4 nitrogen and oxygen atoms in total. The van der Waals surface area contributed by atoms with E-state index in [0.29, 0.717) is 5.92 Å². The van der Waals surface area contributed by atoms with Crippen molar-refractivity contribution in [3.8, 4) is 5.69 Å². The summed E-state index contributed by atoms with van der Waals surface area (Å²) >= 11 is 0. The van der Waals surface area contributed by atoms with E-state index in [1.165, 1.54) is 0 Å². The monoisotopic (exact) mass is 258 g/mol. The van der Waals surface area contributed by atoms with Crippen LogP contribution in [-0.2, 0) is 0 Å². The summed E-state index contributed by atoms with van der Waals surface area (Å²) in [5.74, 6) is 6.28. The van der Waals surface area contributed by atoms with E-state index in [0.717, 1.165) is 24.2 Å². The van der Waals surface area contributed by atoms with Crippen molar-refractivity contribution in [2.24, 2.45) is 11.8 Å². The second kappa shape index (κ2) is 6.50. The van der Waals surface area contributed by atoms with Gasteiger partial charge in [-0.3, -0.25) is 11.3 Å². The molecule has 1 aromatic heterocycles. The summed E-state index contributed by atoms with van der Waals surface area (Å²) in [7, 11) is 0. The van der Waals surface area contributed by atoms with Gasteiger partial charge in [0.2, 0.25) is 0 Å². The minimum atomic E-state index is 0.111. The van der Waals surface area contributed by atoms with Gasteiger partial charge in [0.05, 0.1) is 17.4 Å². The average molecular weight is 258 g/mol. The average Bonchev–Trinajstić information content (AvgIpc) is 2.95. The zero-order valence-electron chi connectivity index (χ0n) is 11.6. The standard InChI is InChI=1S/C15H22N4/c1-3-12(2)11-15(17-16)14-9-10-19(18-14)13-7-5-4-6-8-13/h4-10,12,15,17H,3,11,16H2,1-2H3. The van der Waals surface area contributed by atoms with Gasteiger partial charge in [-0.1, -0.05) is 38.5 Å². The number of hydrogen-bond donors (Lipinski definition) is 2. The van der Waals surface area contributed by atoms with E-state index in [9.17, 15) is 0 Å². The van der Waals surface area contributed by atoms with Crippen LogP contribution < -0.4 is 11.3 Å². The van der Waals surface area contributed by atoms with Crippen LogP contribution in [0.5, 0.6) is 0 Å². The van der Waals surface area contributed by atoms with Crippen molar-refractivity contribution in [1.82, 2.24) is 15.2 Å². The normalized spacial score (nSPS) is 14.3. The molecule has 0 bridgehead atoms. The maximum absolute atomic E-state index is 5.66. The molecule has 0 amide bonds. The van der Waals surface area contributed by atoms with Crippen molar-refractivity contribution in [2.75, 3.05) is 0 Å². The second-order valence-electron chi connectivity index (χ2n) is 4.99. The van der Waals surface area contributed by atoms with Crippen LogP contribution in [0.4, 0.5) is 0 Å². The lowest BCUT2D eigenvalue weighted by Crippen LogP contribution is -2.29. The highest BCUT2D eigenvalue weighted by molar-refractivity contribution is 5.30. The molecule has 0 aliphatic carbocycles. The van der Waals surface area contributed by atoms with Crippen molar-refractivity contribution in [2.45, 2.75) is 32.7 Å². The number of nitrogens with one attached hydrogen (secondary N) is 1. The second-order valence-corrected chi connectivity index (χ2v) is 4.99. The van der Waals surface area contributed by atoms with Crippen molar-refractivity contribution >= 4 is 0 Å². The molecule has 2 atom stereocenters. The molecule has 0 saturated carbocycles. The quantitative estimate of drug-likeness (QED) is 0.619. The maximum atomic E-state index is 5.66. The van der Waals surface area contributed by atoms with E-state index in [1.807, 2.05) is 47.3 Å². The highest BCUT2D eigenvalue weighted by Crippen LogP contribution is 2.21. The molecule has 1 heterocycles. The van der Waals surface area contributed by atoms with Gasteiger partial charge in [-0.15, -0.1) is 0 Å². The van der Waals surface area contributed by atoms with E-state index in [1.54, 1.807) is 0 Å². The van der Waals surface area contributed by atoms with Gasteiger partial charge < -0.3 is 0 Å². The first kappa shape index (κ1) is 13.8. The summed E-state index contributed by atoms with van der Waals surface area (Å²) in [6.07, 6.45) is 4.13. The smallest absolute Gasteiger partial charge is 0.0812 e. The number of hydrogen-bond acceptors (Lipinski definition) is 3. The first-order valence-corrected chi connectivity index (χ1v) is 6.81. The Balaban J connectivity index is 2.15. The van der Waals surface area contributed by atoms with Crippen LogP contribution in [0.25, 0.3) is 5.69 Å². The van der Waals surface area contributed by atoms with E-state index < -0.39 is 0 Å². The Morgan fingerprint density at radius 2 is 2.00 bits per heavy atom. The third kappa shape index (κ3) is 3.43. The molecule has 2 unspecified atom stereocenters. The Morgan fingerprint density at radius 1 is 1.26 bits per heavy atom. The first-order valence-electron chi connectivity index (χ1n) is 6.81. The van der Waals surface area contributed by atoms with Crippen molar-refractivity contribution in [3.63, 3.8) is 0 Å². The van der Waals surface area contributed by atoms with E-state index in [2.05, 4.69) is 24.4 Å². The Morgan fingerprint density at radius 3 is 2.63 bits per heavy atom. The lowest BCUT2D eigenvalue weighted by atomic mass is 9.98. The van der Waals surface area contributed by atoms with Crippen LogP contribution in [0.15, 0.2) is 42.6 Å². The SMILES string of the molecule is CCC(C)CC(NN)c1ccn(-c2ccccc2)n1. The molecule has 19 heavy (non-hydrogen) atoms. The molecule has 102 valence electrons. The summed E-state index contributed by atoms with van der Waals surface area (Å²) in [6.45, 7) is 4.43. The van der Waals surface area contributed by atoms with Gasteiger partial charge in [-0.25, -0.2) is 4.68 Å². The predicted octanol–water partition coefficient (Wildman–Crippen LogP) is 2.81. The van der Waals surface area contributed by atoms with Gasteiger partial charge >= 0.3 is 0 Å². The minimum absolute atomic E-state index is 0.111. The topological polar surface area (TPSA) is 55.9 Å². The van der Waals surface area contributed by atoms with Gasteiger partial charge in [0.15, 0.2) is 0 Å². The minimum Gasteiger partial charge on any atom is -0.271 e. The zero-order valence-corrected chi connectivity index (χ0v) is 11.6. The Labute approximate surface area is 114 Å². The van der Waals surface area contributed by atoms with E-state index in [4.69, 9.17) is 5.84 Å². The van der Waals surface area contributed by atoms with Gasteiger partial charge in [0.1, 0.15) is 0 Å². The number of nitrogens with two attached hydrogens (primary N) is 1. The van der Waals surface area contributed by atoms with E-state index >= 15 is 0 Å². The summed E-state index contributed by atoms with van der Waals surface area (Å²) in [5.41, 5.74) is 4.93. The highest BCUT2D eigenvalue weighted by atomic mass is 15.3. The number of aromatic nitrogens is 2. The fraction of sp³-hybridized carbons (Fsp3) is 0.400. The number of nitrogens with zero attached hydrogens (tertiary/aromatic N) is 2. The first-order chi connectivity index (χ1) is 9.24. The number of hydrazine groups is 1. The molecule has 0 saturated heterocycles. The molecule has 0 fully saturated rings. The number of rotatable bonds is 6. The fourth-order valence-electron chi connectivity index (χ4n) is 2.09. The van der Waals surface area contributed by atoms with Crippen LogP contribution in [-0.4, -0.2) is 9.78 Å². The van der Waals surface area contributed by atoms with E-state index in [-0.39, 0.29) is 6.04 Å². The zero-order chi connectivity index (χ0) is 13.7. The van der Waals surface area contributed by atoms with Crippen molar-refractivity contribution < 1.29 is 0 Å². The summed E-state index contributed by atoms with van der Waals surface area (Å²) in [6, 6.07) is 12.2. The number of benzene rings is 1.